The molecule has 3 heterocycles. The number of carbonyl (C=O) groups excluding carboxylic acids is 2. The van der Waals surface area contributed by atoms with Crippen molar-refractivity contribution in [1.29, 1.82) is 0 Å². The molecule has 1 N–H and O–H groups in total. The van der Waals surface area contributed by atoms with E-state index in [0.29, 0.717) is 38.5 Å². The summed E-state index contributed by atoms with van der Waals surface area (Å²) in [5, 5.41) is 15.1. The van der Waals surface area contributed by atoms with Crippen LogP contribution in [-0.2, 0) is 22.6 Å². The van der Waals surface area contributed by atoms with Gasteiger partial charge >= 0.3 is 6.09 Å². The van der Waals surface area contributed by atoms with Crippen LogP contribution in [-0.4, -0.2) is 62.9 Å². The number of amides is 2. The highest BCUT2D eigenvalue weighted by atomic mass is 16.6. The Hall–Kier alpha value is -2.87. The SMILES string of the molecule is O=C(CN1CCOC1=O)N1CCCn2nc([C@H](O)c3ccccc3)cc2C1. The van der Waals surface area contributed by atoms with Crippen LogP contribution in [0.1, 0.15) is 29.5 Å². The van der Waals surface area contributed by atoms with Gasteiger partial charge in [-0.25, -0.2) is 4.79 Å². The third-order valence-electron chi connectivity index (χ3n) is 4.95. The fourth-order valence-corrected chi connectivity index (χ4v) is 3.47. The van der Waals surface area contributed by atoms with E-state index < -0.39 is 12.2 Å². The molecule has 0 aliphatic carbocycles. The molecule has 0 unspecified atom stereocenters. The average molecular weight is 370 g/mol. The number of rotatable bonds is 4. The van der Waals surface area contributed by atoms with Crippen LogP contribution < -0.4 is 0 Å². The van der Waals surface area contributed by atoms with Gasteiger partial charge in [0.15, 0.2) is 0 Å². The Morgan fingerprint density at radius 2 is 2.04 bits per heavy atom. The molecule has 0 spiro atoms. The first-order valence-corrected chi connectivity index (χ1v) is 9.11. The number of benzene rings is 1. The lowest BCUT2D eigenvalue weighted by Crippen LogP contribution is -2.40. The van der Waals surface area contributed by atoms with E-state index in [-0.39, 0.29) is 12.5 Å². The number of aryl methyl sites for hydroxylation is 1. The summed E-state index contributed by atoms with van der Waals surface area (Å²) in [5.41, 5.74) is 2.25. The van der Waals surface area contributed by atoms with Crippen molar-refractivity contribution in [2.75, 3.05) is 26.2 Å². The minimum Gasteiger partial charge on any atom is -0.448 e. The highest BCUT2D eigenvalue weighted by Gasteiger charge is 2.28. The Balaban J connectivity index is 1.48. The molecular weight excluding hydrogens is 348 g/mol. The maximum Gasteiger partial charge on any atom is 0.410 e. The number of hydrogen-bond acceptors (Lipinski definition) is 5. The molecule has 1 fully saturated rings. The van der Waals surface area contributed by atoms with Gasteiger partial charge < -0.3 is 14.7 Å². The third kappa shape index (κ3) is 3.66. The molecule has 8 nitrogen and oxygen atoms in total. The van der Waals surface area contributed by atoms with Crippen molar-refractivity contribution < 1.29 is 19.4 Å². The van der Waals surface area contributed by atoms with E-state index in [1.54, 1.807) is 4.90 Å². The van der Waals surface area contributed by atoms with Crippen LogP contribution >= 0.6 is 0 Å². The summed E-state index contributed by atoms with van der Waals surface area (Å²) in [7, 11) is 0. The fourth-order valence-electron chi connectivity index (χ4n) is 3.47. The summed E-state index contributed by atoms with van der Waals surface area (Å²) in [5.74, 6) is -0.103. The largest absolute Gasteiger partial charge is 0.448 e. The summed E-state index contributed by atoms with van der Waals surface area (Å²) in [6, 6.07) is 11.2. The Morgan fingerprint density at radius 1 is 1.22 bits per heavy atom. The van der Waals surface area contributed by atoms with Crippen molar-refractivity contribution in [2.45, 2.75) is 25.6 Å². The fraction of sp³-hybridized carbons (Fsp3) is 0.421. The molecule has 8 heteroatoms. The number of aliphatic hydroxyl groups excluding tert-OH is 1. The van der Waals surface area contributed by atoms with E-state index in [0.717, 1.165) is 17.7 Å². The lowest BCUT2D eigenvalue weighted by molar-refractivity contribution is -0.132. The number of cyclic esters (lactones) is 1. The first-order chi connectivity index (χ1) is 13.1. The lowest BCUT2D eigenvalue weighted by atomic mass is 10.1. The molecule has 2 aliphatic heterocycles. The number of carbonyl (C=O) groups is 2. The molecule has 1 aromatic heterocycles. The molecule has 1 saturated heterocycles. The number of fused-ring (bicyclic) bond motifs is 1. The van der Waals surface area contributed by atoms with Crippen LogP contribution in [0.25, 0.3) is 0 Å². The van der Waals surface area contributed by atoms with Crippen molar-refractivity contribution in [1.82, 2.24) is 19.6 Å². The minimum absolute atomic E-state index is 0.0342. The second-order valence-corrected chi connectivity index (χ2v) is 6.80. The van der Waals surface area contributed by atoms with Gasteiger partial charge in [-0.15, -0.1) is 0 Å². The number of aromatic nitrogens is 2. The van der Waals surface area contributed by atoms with Crippen LogP contribution in [0.2, 0.25) is 0 Å². The van der Waals surface area contributed by atoms with Crippen LogP contribution in [0.4, 0.5) is 4.79 Å². The maximum absolute atomic E-state index is 12.6. The molecule has 0 radical (unpaired) electrons. The second-order valence-electron chi connectivity index (χ2n) is 6.80. The van der Waals surface area contributed by atoms with Crippen molar-refractivity contribution in [2.24, 2.45) is 0 Å². The molecule has 4 rings (SSSR count). The van der Waals surface area contributed by atoms with Gasteiger partial charge in [-0.2, -0.15) is 5.10 Å². The topological polar surface area (TPSA) is 87.9 Å². The van der Waals surface area contributed by atoms with Gasteiger partial charge in [-0.1, -0.05) is 30.3 Å². The Morgan fingerprint density at radius 3 is 2.78 bits per heavy atom. The van der Waals surface area contributed by atoms with Gasteiger partial charge in [-0.3, -0.25) is 14.4 Å². The molecule has 1 aromatic carbocycles. The number of hydrogen-bond donors (Lipinski definition) is 1. The first-order valence-electron chi connectivity index (χ1n) is 9.11. The Bertz CT molecular complexity index is 835. The molecule has 142 valence electrons. The van der Waals surface area contributed by atoms with Gasteiger partial charge in [0.25, 0.3) is 0 Å². The van der Waals surface area contributed by atoms with Crippen molar-refractivity contribution in [3.05, 3.63) is 53.3 Å². The van der Waals surface area contributed by atoms with Crippen molar-refractivity contribution in [3.8, 4) is 0 Å². The smallest absolute Gasteiger partial charge is 0.410 e. The first kappa shape index (κ1) is 17.5. The van der Waals surface area contributed by atoms with E-state index in [9.17, 15) is 14.7 Å². The van der Waals surface area contributed by atoms with E-state index in [4.69, 9.17) is 4.74 Å². The monoisotopic (exact) mass is 370 g/mol. The van der Waals surface area contributed by atoms with Gasteiger partial charge in [0.2, 0.25) is 5.91 Å². The van der Waals surface area contributed by atoms with Crippen molar-refractivity contribution >= 4 is 12.0 Å². The second kappa shape index (κ2) is 7.40. The summed E-state index contributed by atoms with van der Waals surface area (Å²) in [6.45, 7) is 2.53. The summed E-state index contributed by atoms with van der Waals surface area (Å²) in [6.07, 6.45) is -0.461. The van der Waals surface area contributed by atoms with Gasteiger partial charge in [0, 0.05) is 13.1 Å². The van der Waals surface area contributed by atoms with Gasteiger partial charge in [0.05, 0.1) is 24.5 Å². The predicted molar refractivity (Wildman–Crippen MR) is 95.7 cm³/mol. The van der Waals surface area contributed by atoms with E-state index >= 15 is 0 Å². The number of aliphatic hydroxyl groups is 1. The van der Waals surface area contributed by atoms with Crippen LogP contribution in [0.5, 0.6) is 0 Å². The van der Waals surface area contributed by atoms with Crippen LogP contribution in [0.3, 0.4) is 0 Å². The van der Waals surface area contributed by atoms with E-state index in [1.807, 2.05) is 41.1 Å². The Labute approximate surface area is 156 Å². The molecule has 2 aliphatic rings. The molecule has 0 bridgehead atoms. The summed E-state index contributed by atoms with van der Waals surface area (Å²) < 4.78 is 6.74. The summed E-state index contributed by atoms with van der Waals surface area (Å²) in [4.78, 5) is 27.4. The lowest BCUT2D eigenvalue weighted by Gasteiger charge is -2.22. The van der Waals surface area contributed by atoms with Crippen LogP contribution in [0, 0.1) is 0 Å². The zero-order valence-corrected chi connectivity index (χ0v) is 15.0. The van der Waals surface area contributed by atoms with Gasteiger partial charge in [-0.05, 0) is 18.1 Å². The van der Waals surface area contributed by atoms with E-state index in [2.05, 4.69) is 5.10 Å². The number of nitrogens with zero attached hydrogens (tertiary/aromatic N) is 4. The zero-order valence-electron chi connectivity index (χ0n) is 15.0. The quantitative estimate of drug-likeness (QED) is 0.872. The number of ether oxygens (including phenoxy) is 1. The molecule has 27 heavy (non-hydrogen) atoms. The third-order valence-corrected chi connectivity index (χ3v) is 4.95. The standard InChI is InChI=1S/C19H22N4O4/c24-17(13-22-9-10-27-19(22)26)21-7-4-8-23-15(12-21)11-16(20-23)18(25)14-5-2-1-3-6-14/h1-3,5-6,11,18,25H,4,7-10,12-13H2/t18-/m1/s1. The Kier molecular flexibility index (Phi) is 4.81. The van der Waals surface area contributed by atoms with E-state index in [1.165, 1.54) is 4.90 Å². The molecule has 2 aromatic rings. The normalized spacial score (nSPS) is 18.0. The molecule has 0 saturated carbocycles. The molecule has 2 amide bonds. The summed E-state index contributed by atoms with van der Waals surface area (Å²) >= 11 is 0. The van der Waals surface area contributed by atoms with Gasteiger partial charge in [0.1, 0.15) is 19.3 Å². The minimum atomic E-state index is -0.797. The highest BCUT2D eigenvalue weighted by molar-refractivity contribution is 5.82. The predicted octanol–water partition coefficient (Wildman–Crippen LogP) is 1.15. The maximum atomic E-state index is 12.6. The zero-order chi connectivity index (χ0) is 18.8. The highest BCUT2D eigenvalue weighted by Crippen LogP contribution is 2.23. The molecular formula is C19H22N4O4. The average Bonchev–Trinajstić information content (AvgIpc) is 3.21. The molecule has 1 atom stereocenters. The van der Waals surface area contributed by atoms with Crippen LogP contribution in [0.15, 0.2) is 36.4 Å². The van der Waals surface area contributed by atoms with Crippen molar-refractivity contribution in [3.63, 3.8) is 0 Å².